The molecule has 0 spiro atoms. The molecule has 144 valence electrons. The number of rotatable bonds is 5. The average Bonchev–Trinajstić information content (AvgIpc) is 3.06. The Morgan fingerprint density at radius 3 is 2.38 bits per heavy atom. The molecule has 0 atom stereocenters. The SMILES string of the molecule is Cn1c(-c2ccccn2)nc(Sc2ccc(Cl)cc2)c1-c1ccc(C(N)=O)cc1. The average molecular weight is 421 g/mol. The van der Waals surface area contributed by atoms with E-state index in [1.807, 2.05) is 66.2 Å². The van der Waals surface area contributed by atoms with Crippen LogP contribution in [0.5, 0.6) is 0 Å². The predicted octanol–water partition coefficient (Wildman–Crippen LogP) is 5.05. The van der Waals surface area contributed by atoms with E-state index in [2.05, 4.69) is 4.98 Å². The number of carbonyl (C=O) groups is 1. The van der Waals surface area contributed by atoms with Crippen LogP contribution in [0.4, 0.5) is 0 Å². The van der Waals surface area contributed by atoms with Gasteiger partial charge < -0.3 is 10.3 Å². The van der Waals surface area contributed by atoms with Crippen LogP contribution in [-0.2, 0) is 7.05 Å². The van der Waals surface area contributed by atoms with Gasteiger partial charge in [0.1, 0.15) is 10.7 Å². The van der Waals surface area contributed by atoms with Crippen molar-refractivity contribution in [1.82, 2.24) is 14.5 Å². The summed E-state index contributed by atoms with van der Waals surface area (Å²) in [6.45, 7) is 0. The molecule has 0 unspecified atom stereocenters. The van der Waals surface area contributed by atoms with E-state index in [4.69, 9.17) is 22.3 Å². The summed E-state index contributed by atoms with van der Waals surface area (Å²) in [6, 6.07) is 20.6. The maximum absolute atomic E-state index is 11.4. The lowest BCUT2D eigenvalue weighted by Crippen LogP contribution is -2.10. The third kappa shape index (κ3) is 4.04. The molecule has 29 heavy (non-hydrogen) atoms. The fourth-order valence-electron chi connectivity index (χ4n) is 2.99. The van der Waals surface area contributed by atoms with E-state index in [-0.39, 0.29) is 0 Å². The third-order valence-corrected chi connectivity index (χ3v) is 5.67. The first-order valence-corrected chi connectivity index (χ1v) is 10.0. The van der Waals surface area contributed by atoms with E-state index < -0.39 is 5.91 Å². The van der Waals surface area contributed by atoms with E-state index in [1.165, 1.54) is 0 Å². The van der Waals surface area contributed by atoms with Gasteiger partial charge in [0.05, 0.1) is 5.69 Å². The Labute approximate surface area is 177 Å². The zero-order valence-electron chi connectivity index (χ0n) is 15.5. The molecule has 0 aliphatic carbocycles. The van der Waals surface area contributed by atoms with Gasteiger partial charge in [0.2, 0.25) is 5.91 Å². The third-order valence-electron chi connectivity index (χ3n) is 4.43. The Balaban J connectivity index is 1.83. The molecule has 0 saturated carbocycles. The van der Waals surface area contributed by atoms with Crippen molar-refractivity contribution >= 4 is 29.3 Å². The maximum atomic E-state index is 11.4. The van der Waals surface area contributed by atoms with Crippen molar-refractivity contribution in [3.63, 3.8) is 0 Å². The van der Waals surface area contributed by atoms with Gasteiger partial charge in [-0.2, -0.15) is 0 Å². The zero-order chi connectivity index (χ0) is 20.4. The molecule has 2 heterocycles. The van der Waals surface area contributed by atoms with Crippen LogP contribution in [0, 0.1) is 0 Å². The van der Waals surface area contributed by atoms with Crippen molar-refractivity contribution in [2.24, 2.45) is 12.8 Å². The Kier molecular flexibility index (Phi) is 5.38. The first-order chi connectivity index (χ1) is 14.0. The fraction of sp³-hybridized carbons (Fsp3) is 0.0455. The molecule has 0 radical (unpaired) electrons. The largest absolute Gasteiger partial charge is 0.366 e. The number of nitrogens with zero attached hydrogens (tertiary/aromatic N) is 3. The normalized spacial score (nSPS) is 10.8. The summed E-state index contributed by atoms with van der Waals surface area (Å²) < 4.78 is 2.01. The highest BCUT2D eigenvalue weighted by molar-refractivity contribution is 7.99. The summed E-state index contributed by atoms with van der Waals surface area (Å²) >= 11 is 7.56. The van der Waals surface area contributed by atoms with Gasteiger partial charge in [-0.05, 0) is 48.5 Å². The Bertz CT molecular complexity index is 1160. The van der Waals surface area contributed by atoms with Crippen LogP contribution in [0.15, 0.2) is 82.8 Å². The number of pyridine rings is 1. The van der Waals surface area contributed by atoms with Crippen molar-refractivity contribution in [3.8, 4) is 22.8 Å². The molecule has 2 N–H and O–H groups in total. The molecule has 5 nitrogen and oxygen atoms in total. The topological polar surface area (TPSA) is 73.8 Å². The van der Waals surface area contributed by atoms with Crippen molar-refractivity contribution in [3.05, 3.63) is 83.5 Å². The monoisotopic (exact) mass is 420 g/mol. The van der Waals surface area contributed by atoms with E-state index in [0.717, 1.165) is 32.7 Å². The van der Waals surface area contributed by atoms with Gasteiger partial charge in [-0.3, -0.25) is 9.78 Å². The fourth-order valence-corrected chi connectivity index (χ4v) is 4.10. The summed E-state index contributed by atoms with van der Waals surface area (Å²) in [6.07, 6.45) is 1.75. The molecule has 2 aromatic heterocycles. The second-order valence-electron chi connectivity index (χ2n) is 6.36. The Morgan fingerprint density at radius 1 is 1.03 bits per heavy atom. The number of aromatic nitrogens is 3. The molecular weight excluding hydrogens is 404 g/mol. The molecule has 0 aliphatic heterocycles. The summed E-state index contributed by atoms with van der Waals surface area (Å²) in [5.41, 5.74) is 8.49. The van der Waals surface area contributed by atoms with Gasteiger partial charge in [0, 0.05) is 34.3 Å². The number of amides is 1. The summed E-state index contributed by atoms with van der Waals surface area (Å²) in [5.74, 6) is 0.308. The number of primary amides is 1. The molecule has 1 amide bonds. The summed E-state index contributed by atoms with van der Waals surface area (Å²) in [4.78, 5) is 21.8. The molecular formula is C22H17ClN4OS. The molecule has 7 heteroatoms. The molecule has 2 aromatic carbocycles. The van der Waals surface area contributed by atoms with E-state index in [1.54, 1.807) is 30.1 Å². The molecule has 0 bridgehead atoms. The minimum absolute atomic E-state index is 0.452. The smallest absolute Gasteiger partial charge is 0.248 e. The number of nitrogens with two attached hydrogens (primary N) is 1. The second kappa shape index (κ2) is 8.11. The van der Waals surface area contributed by atoms with Crippen molar-refractivity contribution in [2.75, 3.05) is 0 Å². The van der Waals surface area contributed by atoms with Gasteiger partial charge in [-0.1, -0.05) is 41.6 Å². The Hall–Kier alpha value is -3.09. The minimum atomic E-state index is -0.452. The van der Waals surface area contributed by atoms with E-state index >= 15 is 0 Å². The molecule has 0 aliphatic rings. The highest BCUT2D eigenvalue weighted by atomic mass is 35.5. The van der Waals surface area contributed by atoms with E-state index in [9.17, 15) is 4.79 Å². The number of benzene rings is 2. The van der Waals surface area contributed by atoms with E-state index in [0.29, 0.717) is 10.6 Å². The minimum Gasteiger partial charge on any atom is -0.366 e. The maximum Gasteiger partial charge on any atom is 0.248 e. The van der Waals surface area contributed by atoms with Gasteiger partial charge in [-0.25, -0.2) is 4.98 Å². The standard InChI is InChI=1S/C22H17ClN4OS/c1-27-19(14-5-7-15(8-6-14)20(24)28)22(29-17-11-9-16(23)10-12-17)26-21(27)18-4-2-3-13-25-18/h2-13H,1H3,(H2,24,28). The zero-order valence-corrected chi connectivity index (χ0v) is 17.1. The first-order valence-electron chi connectivity index (χ1n) is 8.84. The predicted molar refractivity (Wildman–Crippen MR) is 116 cm³/mol. The van der Waals surface area contributed by atoms with Crippen molar-refractivity contribution in [1.29, 1.82) is 0 Å². The summed E-state index contributed by atoms with van der Waals surface area (Å²) in [7, 11) is 1.96. The number of hydrogen-bond donors (Lipinski definition) is 1. The highest BCUT2D eigenvalue weighted by Gasteiger charge is 2.19. The van der Waals surface area contributed by atoms with Crippen LogP contribution in [0.2, 0.25) is 5.02 Å². The number of halogens is 1. The van der Waals surface area contributed by atoms with Crippen LogP contribution >= 0.6 is 23.4 Å². The van der Waals surface area contributed by atoms with Crippen LogP contribution in [0.1, 0.15) is 10.4 Å². The molecule has 0 fully saturated rings. The highest BCUT2D eigenvalue weighted by Crippen LogP contribution is 2.38. The van der Waals surface area contributed by atoms with Crippen LogP contribution in [0.25, 0.3) is 22.8 Å². The quantitative estimate of drug-likeness (QED) is 0.490. The van der Waals surface area contributed by atoms with Crippen molar-refractivity contribution in [2.45, 2.75) is 9.92 Å². The van der Waals surface area contributed by atoms with Crippen molar-refractivity contribution < 1.29 is 4.79 Å². The number of hydrogen-bond acceptors (Lipinski definition) is 4. The Morgan fingerprint density at radius 2 is 1.76 bits per heavy atom. The van der Waals surface area contributed by atoms with Gasteiger partial charge >= 0.3 is 0 Å². The van der Waals surface area contributed by atoms with Crippen LogP contribution < -0.4 is 5.73 Å². The molecule has 4 aromatic rings. The van der Waals surface area contributed by atoms with Gasteiger partial charge in [0.15, 0.2) is 5.82 Å². The van der Waals surface area contributed by atoms with Crippen LogP contribution in [-0.4, -0.2) is 20.4 Å². The molecule has 4 rings (SSSR count). The lowest BCUT2D eigenvalue weighted by atomic mass is 10.1. The number of imidazole rings is 1. The van der Waals surface area contributed by atoms with Gasteiger partial charge in [0.25, 0.3) is 0 Å². The van der Waals surface area contributed by atoms with Crippen LogP contribution in [0.3, 0.4) is 0 Å². The lowest BCUT2D eigenvalue weighted by Gasteiger charge is -2.08. The lowest BCUT2D eigenvalue weighted by molar-refractivity contribution is 0.100. The van der Waals surface area contributed by atoms with Gasteiger partial charge in [-0.15, -0.1) is 0 Å². The first kappa shape index (κ1) is 19.2. The molecule has 0 saturated heterocycles. The second-order valence-corrected chi connectivity index (χ2v) is 7.86. The number of carbonyl (C=O) groups excluding carboxylic acids is 1. The summed E-state index contributed by atoms with van der Waals surface area (Å²) in [5, 5.41) is 1.52.